The summed E-state index contributed by atoms with van der Waals surface area (Å²) in [4.78, 5) is 17.4. The average Bonchev–Trinajstić information content (AvgIpc) is 3.20. The molecule has 3 aromatic rings. The number of nitrogens with one attached hydrogen (secondary N) is 1. The van der Waals surface area contributed by atoms with Gasteiger partial charge in [-0.2, -0.15) is 0 Å². The Morgan fingerprint density at radius 2 is 2.17 bits per heavy atom. The van der Waals surface area contributed by atoms with Gasteiger partial charge in [0.15, 0.2) is 5.13 Å². The van der Waals surface area contributed by atoms with E-state index in [9.17, 15) is 4.79 Å². The summed E-state index contributed by atoms with van der Waals surface area (Å²) in [6.07, 6.45) is 3.27. The molecule has 3 rings (SSSR count). The molecule has 118 valence electrons. The smallest absolute Gasteiger partial charge is 0.250 e. The molecule has 0 saturated carbocycles. The summed E-state index contributed by atoms with van der Waals surface area (Å²) >= 11 is 2.95. The average molecular weight is 346 g/mol. The molecule has 5 nitrogen and oxygen atoms in total. The topological polar surface area (TPSA) is 60.5 Å². The van der Waals surface area contributed by atoms with E-state index in [2.05, 4.69) is 10.3 Å². The molecule has 0 saturated heterocycles. The summed E-state index contributed by atoms with van der Waals surface area (Å²) in [5.41, 5.74) is 0.704. The zero-order valence-corrected chi connectivity index (χ0v) is 14.2. The Bertz CT molecular complexity index is 854. The van der Waals surface area contributed by atoms with Gasteiger partial charge in [-0.1, -0.05) is 17.4 Å². The van der Waals surface area contributed by atoms with E-state index < -0.39 is 0 Å². The molecule has 0 aliphatic rings. The number of rotatable bonds is 5. The summed E-state index contributed by atoms with van der Waals surface area (Å²) in [6, 6.07) is 7.52. The summed E-state index contributed by atoms with van der Waals surface area (Å²) in [6.45, 7) is 0. The van der Waals surface area contributed by atoms with E-state index in [-0.39, 0.29) is 5.91 Å². The van der Waals surface area contributed by atoms with Gasteiger partial charge in [-0.05, 0) is 23.6 Å². The van der Waals surface area contributed by atoms with E-state index in [1.54, 1.807) is 37.7 Å². The van der Waals surface area contributed by atoms with Gasteiger partial charge in [0.1, 0.15) is 17.0 Å². The third kappa shape index (κ3) is 3.52. The molecular weight excluding hydrogens is 332 g/mol. The third-order valence-corrected chi connectivity index (χ3v) is 4.82. The largest absolute Gasteiger partial charge is 0.497 e. The van der Waals surface area contributed by atoms with Crippen LogP contribution in [0.5, 0.6) is 11.5 Å². The highest BCUT2D eigenvalue weighted by molar-refractivity contribution is 7.22. The van der Waals surface area contributed by atoms with Crippen molar-refractivity contribution in [2.75, 3.05) is 19.5 Å². The lowest BCUT2D eigenvalue weighted by atomic mass is 10.3. The van der Waals surface area contributed by atoms with Gasteiger partial charge in [0.2, 0.25) is 5.91 Å². The number of hydrogen-bond acceptors (Lipinski definition) is 6. The van der Waals surface area contributed by atoms with Crippen LogP contribution in [0.1, 0.15) is 4.88 Å². The van der Waals surface area contributed by atoms with Crippen molar-refractivity contribution in [3.8, 4) is 11.5 Å². The lowest BCUT2D eigenvalue weighted by Gasteiger charge is -2.03. The van der Waals surface area contributed by atoms with Crippen molar-refractivity contribution in [1.29, 1.82) is 0 Å². The summed E-state index contributed by atoms with van der Waals surface area (Å²) in [5, 5.41) is 5.26. The highest BCUT2D eigenvalue weighted by Crippen LogP contribution is 2.36. The molecule has 2 heterocycles. The lowest BCUT2D eigenvalue weighted by molar-refractivity contribution is -0.111. The van der Waals surface area contributed by atoms with Crippen LogP contribution in [0.2, 0.25) is 0 Å². The molecule has 0 bridgehead atoms. The van der Waals surface area contributed by atoms with Gasteiger partial charge >= 0.3 is 0 Å². The number of nitrogens with zero attached hydrogens (tertiary/aromatic N) is 1. The standard InChI is InChI=1S/C16H14N2O3S2/c1-20-10-8-12(21-2)15-13(9-10)23-16(18-15)17-14(19)6-5-11-4-3-7-22-11/h3-9H,1-2H3,(H,17,18,19)/b6-5+. The Labute approximate surface area is 141 Å². The number of amides is 1. The first-order valence-electron chi connectivity index (χ1n) is 6.74. The molecule has 0 atom stereocenters. The van der Waals surface area contributed by atoms with Crippen LogP contribution >= 0.6 is 22.7 Å². The van der Waals surface area contributed by atoms with Crippen molar-refractivity contribution in [2.45, 2.75) is 0 Å². The number of aromatic nitrogens is 1. The zero-order chi connectivity index (χ0) is 16.2. The highest BCUT2D eigenvalue weighted by atomic mass is 32.1. The van der Waals surface area contributed by atoms with Crippen LogP contribution < -0.4 is 14.8 Å². The molecule has 0 unspecified atom stereocenters. The second kappa shape index (κ2) is 6.80. The van der Waals surface area contributed by atoms with Gasteiger partial charge in [-0.15, -0.1) is 11.3 Å². The number of carbonyl (C=O) groups excluding carboxylic acids is 1. The van der Waals surface area contributed by atoms with E-state index in [1.807, 2.05) is 23.6 Å². The first-order chi connectivity index (χ1) is 11.2. The minimum atomic E-state index is -0.219. The van der Waals surface area contributed by atoms with Crippen LogP contribution in [0.15, 0.2) is 35.7 Å². The normalized spacial score (nSPS) is 11.0. The van der Waals surface area contributed by atoms with Crippen molar-refractivity contribution in [1.82, 2.24) is 4.98 Å². The fourth-order valence-electron chi connectivity index (χ4n) is 1.99. The Morgan fingerprint density at radius 1 is 1.30 bits per heavy atom. The summed E-state index contributed by atoms with van der Waals surface area (Å²) < 4.78 is 11.4. The van der Waals surface area contributed by atoms with Gasteiger partial charge in [-0.25, -0.2) is 4.98 Å². The molecule has 0 fully saturated rings. The van der Waals surface area contributed by atoms with Crippen molar-refractivity contribution in [2.24, 2.45) is 0 Å². The molecule has 0 radical (unpaired) electrons. The molecule has 0 aliphatic carbocycles. The SMILES string of the molecule is COc1cc(OC)c2nc(NC(=O)/C=C/c3cccs3)sc2c1. The maximum Gasteiger partial charge on any atom is 0.250 e. The first kappa shape index (κ1) is 15.5. The quantitative estimate of drug-likeness (QED) is 0.709. The van der Waals surface area contributed by atoms with Gasteiger partial charge in [0.25, 0.3) is 0 Å². The van der Waals surface area contributed by atoms with E-state index in [0.717, 1.165) is 9.58 Å². The fraction of sp³-hybridized carbons (Fsp3) is 0.125. The van der Waals surface area contributed by atoms with Gasteiger partial charge in [-0.3, -0.25) is 10.1 Å². The second-order valence-corrected chi connectivity index (χ2v) is 6.54. The van der Waals surface area contributed by atoms with E-state index >= 15 is 0 Å². The number of carbonyl (C=O) groups is 1. The zero-order valence-electron chi connectivity index (χ0n) is 12.5. The van der Waals surface area contributed by atoms with Crippen LogP contribution in [-0.2, 0) is 4.79 Å². The number of fused-ring (bicyclic) bond motifs is 1. The molecule has 23 heavy (non-hydrogen) atoms. The van der Waals surface area contributed by atoms with E-state index in [1.165, 1.54) is 17.4 Å². The van der Waals surface area contributed by atoms with Gasteiger partial charge in [0, 0.05) is 17.0 Å². The Kier molecular flexibility index (Phi) is 4.59. The van der Waals surface area contributed by atoms with Crippen LogP contribution in [0, 0.1) is 0 Å². The molecule has 1 aromatic carbocycles. The number of ether oxygens (including phenoxy) is 2. The van der Waals surface area contributed by atoms with Gasteiger partial charge < -0.3 is 9.47 Å². The van der Waals surface area contributed by atoms with Crippen LogP contribution in [0.4, 0.5) is 5.13 Å². The van der Waals surface area contributed by atoms with Crippen molar-refractivity contribution >= 4 is 50.0 Å². The van der Waals surface area contributed by atoms with E-state index in [4.69, 9.17) is 9.47 Å². The molecule has 1 N–H and O–H groups in total. The predicted molar refractivity (Wildman–Crippen MR) is 94.7 cm³/mol. The van der Waals surface area contributed by atoms with Gasteiger partial charge in [0.05, 0.1) is 18.9 Å². The number of thiophene rings is 1. The first-order valence-corrected chi connectivity index (χ1v) is 8.44. The summed E-state index contributed by atoms with van der Waals surface area (Å²) in [7, 11) is 3.18. The Hall–Kier alpha value is -2.38. The Balaban J connectivity index is 1.81. The van der Waals surface area contributed by atoms with Crippen molar-refractivity contribution in [3.63, 3.8) is 0 Å². The van der Waals surface area contributed by atoms with Crippen molar-refractivity contribution in [3.05, 3.63) is 40.6 Å². The van der Waals surface area contributed by atoms with Crippen LogP contribution in [-0.4, -0.2) is 25.1 Å². The van der Waals surface area contributed by atoms with Crippen molar-refractivity contribution < 1.29 is 14.3 Å². The molecule has 0 spiro atoms. The summed E-state index contributed by atoms with van der Waals surface area (Å²) in [5.74, 6) is 1.09. The highest BCUT2D eigenvalue weighted by Gasteiger charge is 2.12. The predicted octanol–water partition coefficient (Wildman–Crippen LogP) is 4.03. The maximum atomic E-state index is 12.0. The maximum absolute atomic E-state index is 12.0. The third-order valence-electron chi connectivity index (χ3n) is 3.06. The number of hydrogen-bond donors (Lipinski definition) is 1. The number of methoxy groups -OCH3 is 2. The Morgan fingerprint density at radius 3 is 2.87 bits per heavy atom. The molecule has 1 amide bonds. The van der Waals surface area contributed by atoms with E-state index in [0.29, 0.717) is 22.1 Å². The number of benzene rings is 1. The fourth-order valence-corrected chi connectivity index (χ4v) is 3.53. The minimum Gasteiger partial charge on any atom is -0.497 e. The lowest BCUT2D eigenvalue weighted by Crippen LogP contribution is -2.07. The van der Waals surface area contributed by atoms with Crippen LogP contribution in [0.25, 0.3) is 16.3 Å². The number of thiazole rings is 1. The minimum absolute atomic E-state index is 0.219. The molecule has 0 aliphatic heterocycles. The monoisotopic (exact) mass is 346 g/mol. The molecule has 2 aromatic heterocycles. The molecule has 7 heteroatoms. The molecular formula is C16H14N2O3S2. The van der Waals surface area contributed by atoms with Crippen LogP contribution in [0.3, 0.4) is 0 Å². The number of anilines is 1. The second-order valence-electron chi connectivity index (χ2n) is 4.53.